The summed E-state index contributed by atoms with van der Waals surface area (Å²) in [5.74, 6) is 0. The minimum absolute atomic E-state index is 0.0522. The number of anilines is 1. The SMILES string of the molecule is OC[C@@H](Nc1ccccc1)c1ccccc1. The van der Waals surface area contributed by atoms with Gasteiger partial charge in [-0.2, -0.15) is 0 Å². The fourth-order valence-electron chi connectivity index (χ4n) is 1.66. The second kappa shape index (κ2) is 5.33. The van der Waals surface area contributed by atoms with Crippen molar-refractivity contribution >= 4 is 5.69 Å². The zero-order valence-corrected chi connectivity index (χ0v) is 9.01. The average Bonchev–Trinajstić information content (AvgIpc) is 2.38. The van der Waals surface area contributed by atoms with Crippen molar-refractivity contribution in [2.24, 2.45) is 0 Å². The lowest BCUT2D eigenvalue weighted by atomic mass is 10.1. The van der Waals surface area contributed by atoms with Gasteiger partial charge in [0.15, 0.2) is 0 Å². The Morgan fingerprint density at radius 1 is 0.875 bits per heavy atom. The summed E-state index contributed by atoms with van der Waals surface area (Å²) in [7, 11) is 0. The average molecular weight is 213 g/mol. The van der Waals surface area contributed by atoms with E-state index in [2.05, 4.69) is 5.32 Å². The molecule has 0 heterocycles. The van der Waals surface area contributed by atoms with Crippen LogP contribution in [0, 0.1) is 0 Å². The molecule has 1 atom stereocenters. The van der Waals surface area contributed by atoms with Crippen LogP contribution in [0.2, 0.25) is 0 Å². The lowest BCUT2D eigenvalue weighted by Gasteiger charge is -2.17. The highest BCUT2D eigenvalue weighted by molar-refractivity contribution is 5.45. The summed E-state index contributed by atoms with van der Waals surface area (Å²) in [4.78, 5) is 0. The Morgan fingerprint density at radius 2 is 1.44 bits per heavy atom. The van der Waals surface area contributed by atoms with Crippen LogP contribution in [0.25, 0.3) is 0 Å². The van der Waals surface area contributed by atoms with Gasteiger partial charge in [0.25, 0.3) is 0 Å². The number of para-hydroxylation sites is 1. The predicted octanol–water partition coefficient (Wildman–Crippen LogP) is 2.83. The van der Waals surface area contributed by atoms with Crippen LogP contribution in [0.4, 0.5) is 5.69 Å². The zero-order chi connectivity index (χ0) is 11.2. The molecule has 0 aromatic heterocycles. The molecule has 0 radical (unpaired) electrons. The van der Waals surface area contributed by atoms with Crippen LogP contribution in [-0.4, -0.2) is 11.7 Å². The highest BCUT2D eigenvalue weighted by Crippen LogP contribution is 2.18. The summed E-state index contributed by atoms with van der Waals surface area (Å²) < 4.78 is 0. The van der Waals surface area contributed by atoms with E-state index in [-0.39, 0.29) is 12.6 Å². The topological polar surface area (TPSA) is 32.3 Å². The molecule has 0 aliphatic heterocycles. The van der Waals surface area contributed by atoms with Crippen LogP contribution in [0.5, 0.6) is 0 Å². The molecule has 2 nitrogen and oxygen atoms in total. The van der Waals surface area contributed by atoms with Gasteiger partial charge < -0.3 is 10.4 Å². The molecular weight excluding hydrogens is 198 g/mol. The molecular formula is C14H15NO. The Bertz CT molecular complexity index is 413. The van der Waals surface area contributed by atoms with Crippen molar-refractivity contribution in [2.75, 3.05) is 11.9 Å². The van der Waals surface area contributed by atoms with Gasteiger partial charge in [-0.25, -0.2) is 0 Å². The van der Waals surface area contributed by atoms with Gasteiger partial charge in [0.1, 0.15) is 0 Å². The third-order valence-electron chi connectivity index (χ3n) is 2.50. The van der Waals surface area contributed by atoms with Gasteiger partial charge in [-0.1, -0.05) is 48.5 Å². The number of aliphatic hydroxyl groups is 1. The fourth-order valence-corrected chi connectivity index (χ4v) is 1.66. The molecule has 2 aromatic rings. The number of hydrogen-bond acceptors (Lipinski definition) is 2. The molecule has 0 saturated heterocycles. The van der Waals surface area contributed by atoms with Crippen molar-refractivity contribution in [3.8, 4) is 0 Å². The number of aliphatic hydroxyl groups excluding tert-OH is 1. The molecule has 2 N–H and O–H groups in total. The second-order valence-electron chi connectivity index (χ2n) is 3.66. The molecule has 0 saturated carbocycles. The Balaban J connectivity index is 2.13. The number of rotatable bonds is 4. The third kappa shape index (κ3) is 2.61. The van der Waals surface area contributed by atoms with Gasteiger partial charge in [0.05, 0.1) is 12.6 Å². The van der Waals surface area contributed by atoms with Crippen LogP contribution in [-0.2, 0) is 0 Å². The van der Waals surface area contributed by atoms with Gasteiger partial charge in [-0.3, -0.25) is 0 Å². The molecule has 2 rings (SSSR count). The van der Waals surface area contributed by atoms with Gasteiger partial charge >= 0.3 is 0 Å². The molecule has 82 valence electrons. The van der Waals surface area contributed by atoms with Crippen molar-refractivity contribution in [3.05, 3.63) is 66.2 Å². The Kier molecular flexibility index (Phi) is 3.57. The molecule has 2 aromatic carbocycles. The molecule has 2 heteroatoms. The minimum atomic E-state index is -0.0522. The Hall–Kier alpha value is -1.80. The summed E-state index contributed by atoms with van der Waals surface area (Å²) in [6.07, 6.45) is 0. The standard InChI is InChI=1S/C14H15NO/c16-11-14(12-7-3-1-4-8-12)15-13-9-5-2-6-10-13/h1-10,14-16H,11H2/t14-/m1/s1. The van der Waals surface area contributed by atoms with Crippen LogP contribution < -0.4 is 5.32 Å². The number of nitrogens with one attached hydrogen (secondary N) is 1. The molecule has 16 heavy (non-hydrogen) atoms. The van der Waals surface area contributed by atoms with E-state index >= 15 is 0 Å². The maximum Gasteiger partial charge on any atom is 0.0745 e. The molecule has 0 aliphatic carbocycles. The summed E-state index contributed by atoms with van der Waals surface area (Å²) in [5, 5.41) is 12.7. The second-order valence-corrected chi connectivity index (χ2v) is 3.66. The minimum Gasteiger partial charge on any atom is -0.394 e. The highest BCUT2D eigenvalue weighted by Gasteiger charge is 2.08. The van der Waals surface area contributed by atoms with E-state index in [0.29, 0.717) is 0 Å². The summed E-state index contributed by atoms with van der Waals surface area (Å²) >= 11 is 0. The first kappa shape index (κ1) is 10.7. The van der Waals surface area contributed by atoms with Crippen LogP contribution >= 0.6 is 0 Å². The van der Waals surface area contributed by atoms with E-state index in [0.717, 1.165) is 11.3 Å². The van der Waals surface area contributed by atoms with Crippen molar-refractivity contribution in [2.45, 2.75) is 6.04 Å². The van der Waals surface area contributed by atoms with E-state index < -0.39 is 0 Å². The first-order chi connectivity index (χ1) is 7.90. The lowest BCUT2D eigenvalue weighted by molar-refractivity contribution is 0.276. The van der Waals surface area contributed by atoms with E-state index in [1.54, 1.807) is 0 Å². The maximum atomic E-state index is 9.38. The maximum absolute atomic E-state index is 9.38. The van der Waals surface area contributed by atoms with E-state index in [1.807, 2.05) is 60.7 Å². The van der Waals surface area contributed by atoms with Crippen molar-refractivity contribution in [1.29, 1.82) is 0 Å². The van der Waals surface area contributed by atoms with Crippen LogP contribution in [0.3, 0.4) is 0 Å². The number of benzene rings is 2. The normalized spacial score (nSPS) is 12.1. The predicted molar refractivity (Wildman–Crippen MR) is 66.3 cm³/mol. The first-order valence-electron chi connectivity index (χ1n) is 5.37. The van der Waals surface area contributed by atoms with E-state index in [1.165, 1.54) is 0 Å². The largest absolute Gasteiger partial charge is 0.394 e. The molecule has 0 spiro atoms. The van der Waals surface area contributed by atoms with E-state index in [9.17, 15) is 5.11 Å². The summed E-state index contributed by atoms with van der Waals surface area (Å²) in [6, 6.07) is 19.8. The van der Waals surface area contributed by atoms with Gasteiger partial charge in [-0.15, -0.1) is 0 Å². The number of hydrogen-bond donors (Lipinski definition) is 2. The summed E-state index contributed by atoms with van der Waals surface area (Å²) in [6.45, 7) is 0.0822. The smallest absolute Gasteiger partial charge is 0.0745 e. The molecule has 0 aliphatic rings. The fraction of sp³-hybridized carbons (Fsp3) is 0.143. The quantitative estimate of drug-likeness (QED) is 0.818. The molecule has 0 fully saturated rings. The van der Waals surface area contributed by atoms with Crippen LogP contribution in [0.1, 0.15) is 11.6 Å². The Labute approximate surface area is 95.6 Å². The molecule has 0 amide bonds. The molecule has 0 bridgehead atoms. The zero-order valence-electron chi connectivity index (χ0n) is 9.01. The molecule has 0 unspecified atom stereocenters. The van der Waals surface area contributed by atoms with Gasteiger partial charge in [0, 0.05) is 5.69 Å². The monoisotopic (exact) mass is 213 g/mol. The van der Waals surface area contributed by atoms with Gasteiger partial charge in [-0.05, 0) is 17.7 Å². The van der Waals surface area contributed by atoms with E-state index in [4.69, 9.17) is 0 Å². The lowest BCUT2D eigenvalue weighted by Crippen LogP contribution is -2.14. The highest BCUT2D eigenvalue weighted by atomic mass is 16.3. The van der Waals surface area contributed by atoms with Gasteiger partial charge in [0.2, 0.25) is 0 Å². The van der Waals surface area contributed by atoms with Crippen molar-refractivity contribution in [1.82, 2.24) is 0 Å². The Morgan fingerprint density at radius 3 is 2.00 bits per heavy atom. The van der Waals surface area contributed by atoms with Crippen molar-refractivity contribution in [3.63, 3.8) is 0 Å². The van der Waals surface area contributed by atoms with Crippen LogP contribution in [0.15, 0.2) is 60.7 Å². The van der Waals surface area contributed by atoms with Crippen molar-refractivity contribution < 1.29 is 5.11 Å². The summed E-state index contributed by atoms with van der Waals surface area (Å²) in [5.41, 5.74) is 2.11. The first-order valence-corrected chi connectivity index (χ1v) is 5.37. The third-order valence-corrected chi connectivity index (χ3v) is 2.50.